The summed E-state index contributed by atoms with van der Waals surface area (Å²) in [5.41, 5.74) is 3.87. The van der Waals surface area contributed by atoms with Crippen LogP contribution >= 0.6 is 0 Å². The van der Waals surface area contributed by atoms with Crippen LogP contribution in [0.25, 0.3) is 11.1 Å². The lowest BCUT2D eigenvalue weighted by molar-refractivity contribution is 0.101. The Morgan fingerprint density at radius 2 is 1.78 bits per heavy atom. The van der Waals surface area contributed by atoms with Crippen LogP contribution in [0.15, 0.2) is 42.5 Å². The van der Waals surface area contributed by atoms with Crippen LogP contribution in [-0.2, 0) is 0 Å². The number of ether oxygens (including phenoxy) is 1. The number of rotatable bonds is 3. The van der Waals surface area contributed by atoms with E-state index in [1.807, 2.05) is 49.4 Å². The zero-order valence-corrected chi connectivity index (χ0v) is 10.9. The third-order valence-corrected chi connectivity index (χ3v) is 3.04. The standard InChI is InChI=1S/C16H16O2/c1-11-6-4-5-7-14(11)16-10-13(18-3)8-9-15(16)12(2)17/h4-10H,1-3H3. The fourth-order valence-corrected chi connectivity index (χ4v) is 2.06. The number of hydrogen-bond donors (Lipinski definition) is 0. The highest BCUT2D eigenvalue weighted by Crippen LogP contribution is 2.30. The van der Waals surface area contributed by atoms with Crippen molar-refractivity contribution in [2.24, 2.45) is 0 Å². The molecule has 0 radical (unpaired) electrons. The Bertz CT molecular complexity index is 585. The number of benzene rings is 2. The predicted molar refractivity (Wildman–Crippen MR) is 73.2 cm³/mol. The van der Waals surface area contributed by atoms with Crippen molar-refractivity contribution in [3.05, 3.63) is 53.6 Å². The molecule has 0 aliphatic heterocycles. The third kappa shape index (κ3) is 2.28. The maximum Gasteiger partial charge on any atom is 0.160 e. The number of Topliss-reactive ketones (excluding diaryl/α,β-unsaturated/α-hetero) is 1. The van der Waals surface area contributed by atoms with Gasteiger partial charge in [-0.2, -0.15) is 0 Å². The molecule has 2 aromatic carbocycles. The molecule has 2 nitrogen and oxygen atoms in total. The van der Waals surface area contributed by atoms with Crippen molar-refractivity contribution in [1.82, 2.24) is 0 Å². The Labute approximate surface area is 107 Å². The molecule has 0 spiro atoms. The fourth-order valence-electron chi connectivity index (χ4n) is 2.06. The smallest absolute Gasteiger partial charge is 0.160 e. The SMILES string of the molecule is COc1ccc(C(C)=O)c(-c2ccccc2C)c1. The molecule has 92 valence electrons. The minimum Gasteiger partial charge on any atom is -0.497 e. The van der Waals surface area contributed by atoms with E-state index in [0.717, 1.165) is 28.0 Å². The summed E-state index contributed by atoms with van der Waals surface area (Å²) >= 11 is 0. The lowest BCUT2D eigenvalue weighted by atomic mass is 9.94. The van der Waals surface area contributed by atoms with Crippen LogP contribution in [0.2, 0.25) is 0 Å². The van der Waals surface area contributed by atoms with Gasteiger partial charge in [0.05, 0.1) is 7.11 Å². The van der Waals surface area contributed by atoms with E-state index in [1.165, 1.54) is 0 Å². The van der Waals surface area contributed by atoms with Gasteiger partial charge in [0, 0.05) is 5.56 Å². The average molecular weight is 240 g/mol. The zero-order chi connectivity index (χ0) is 13.1. The second-order valence-electron chi connectivity index (χ2n) is 4.28. The molecule has 2 aromatic rings. The molecule has 0 saturated carbocycles. The lowest BCUT2D eigenvalue weighted by Crippen LogP contribution is -1.98. The van der Waals surface area contributed by atoms with Crippen molar-refractivity contribution in [2.45, 2.75) is 13.8 Å². The van der Waals surface area contributed by atoms with Gasteiger partial charge in [-0.1, -0.05) is 24.3 Å². The molecular weight excluding hydrogens is 224 g/mol. The van der Waals surface area contributed by atoms with E-state index in [9.17, 15) is 4.79 Å². The van der Waals surface area contributed by atoms with Crippen LogP contribution in [0.1, 0.15) is 22.8 Å². The molecule has 0 fully saturated rings. The molecular formula is C16H16O2. The van der Waals surface area contributed by atoms with E-state index in [0.29, 0.717) is 0 Å². The number of carbonyl (C=O) groups is 1. The van der Waals surface area contributed by atoms with E-state index in [-0.39, 0.29) is 5.78 Å². The maximum absolute atomic E-state index is 11.7. The summed E-state index contributed by atoms with van der Waals surface area (Å²) in [5.74, 6) is 0.828. The summed E-state index contributed by atoms with van der Waals surface area (Å²) in [6.07, 6.45) is 0. The third-order valence-electron chi connectivity index (χ3n) is 3.04. The second kappa shape index (κ2) is 5.05. The van der Waals surface area contributed by atoms with Crippen LogP contribution in [0.4, 0.5) is 0 Å². The number of hydrogen-bond acceptors (Lipinski definition) is 2. The summed E-state index contributed by atoms with van der Waals surface area (Å²) in [6.45, 7) is 3.63. The van der Waals surface area contributed by atoms with Gasteiger partial charge in [0.25, 0.3) is 0 Å². The van der Waals surface area contributed by atoms with Crippen LogP contribution in [-0.4, -0.2) is 12.9 Å². The lowest BCUT2D eigenvalue weighted by Gasteiger charge is -2.11. The van der Waals surface area contributed by atoms with Crippen molar-refractivity contribution < 1.29 is 9.53 Å². The zero-order valence-electron chi connectivity index (χ0n) is 10.9. The highest BCUT2D eigenvalue weighted by atomic mass is 16.5. The highest BCUT2D eigenvalue weighted by Gasteiger charge is 2.11. The summed E-state index contributed by atoms with van der Waals surface area (Å²) in [4.78, 5) is 11.7. The normalized spacial score (nSPS) is 10.2. The molecule has 0 bridgehead atoms. The van der Waals surface area contributed by atoms with Gasteiger partial charge < -0.3 is 4.74 Å². The van der Waals surface area contributed by atoms with Gasteiger partial charge in [-0.05, 0) is 48.7 Å². The first-order chi connectivity index (χ1) is 8.63. The number of aryl methyl sites for hydroxylation is 1. The number of methoxy groups -OCH3 is 1. The summed E-state index contributed by atoms with van der Waals surface area (Å²) in [6, 6.07) is 13.6. The first kappa shape index (κ1) is 12.4. The van der Waals surface area contributed by atoms with Crippen molar-refractivity contribution >= 4 is 5.78 Å². The van der Waals surface area contributed by atoms with E-state index in [1.54, 1.807) is 14.0 Å². The van der Waals surface area contributed by atoms with Crippen LogP contribution < -0.4 is 4.74 Å². The highest BCUT2D eigenvalue weighted by molar-refractivity contribution is 6.01. The molecule has 0 unspecified atom stereocenters. The van der Waals surface area contributed by atoms with Gasteiger partial charge in [0.15, 0.2) is 5.78 Å². The average Bonchev–Trinajstić information content (AvgIpc) is 2.38. The van der Waals surface area contributed by atoms with E-state index < -0.39 is 0 Å². The Balaban J connectivity index is 2.68. The Morgan fingerprint density at radius 1 is 1.06 bits per heavy atom. The van der Waals surface area contributed by atoms with Gasteiger partial charge in [-0.25, -0.2) is 0 Å². The van der Waals surface area contributed by atoms with Crippen LogP contribution in [0.5, 0.6) is 5.75 Å². The maximum atomic E-state index is 11.7. The molecule has 0 amide bonds. The minimum absolute atomic E-state index is 0.0657. The fraction of sp³-hybridized carbons (Fsp3) is 0.188. The molecule has 0 N–H and O–H groups in total. The van der Waals surface area contributed by atoms with Crippen LogP contribution in [0.3, 0.4) is 0 Å². The first-order valence-electron chi connectivity index (χ1n) is 5.88. The molecule has 0 heterocycles. The van der Waals surface area contributed by atoms with Gasteiger partial charge >= 0.3 is 0 Å². The number of ketones is 1. The Morgan fingerprint density at radius 3 is 2.39 bits per heavy atom. The minimum atomic E-state index is 0.0657. The molecule has 0 aromatic heterocycles. The van der Waals surface area contributed by atoms with Crippen molar-refractivity contribution in [2.75, 3.05) is 7.11 Å². The predicted octanol–water partition coefficient (Wildman–Crippen LogP) is 3.87. The van der Waals surface area contributed by atoms with Gasteiger partial charge in [-0.15, -0.1) is 0 Å². The summed E-state index contributed by atoms with van der Waals surface area (Å²) in [7, 11) is 1.63. The molecule has 2 heteroatoms. The molecule has 0 aliphatic rings. The molecule has 18 heavy (non-hydrogen) atoms. The quantitative estimate of drug-likeness (QED) is 0.761. The molecule has 0 aliphatic carbocycles. The summed E-state index contributed by atoms with van der Waals surface area (Å²) in [5, 5.41) is 0. The largest absolute Gasteiger partial charge is 0.497 e. The van der Waals surface area contributed by atoms with E-state index in [2.05, 4.69) is 0 Å². The van der Waals surface area contributed by atoms with Crippen molar-refractivity contribution in [1.29, 1.82) is 0 Å². The van der Waals surface area contributed by atoms with Crippen molar-refractivity contribution in [3.8, 4) is 16.9 Å². The Hall–Kier alpha value is -2.09. The summed E-state index contributed by atoms with van der Waals surface area (Å²) < 4.78 is 5.24. The molecule has 0 saturated heterocycles. The van der Waals surface area contributed by atoms with Gasteiger partial charge in [0.1, 0.15) is 5.75 Å². The van der Waals surface area contributed by atoms with E-state index in [4.69, 9.17) is 4.74 Å². The Kier molecular flexibility index (Phi) is 3.47. The monoisotopic (exact) mass is 240 g/mol. The van der Waals surface area contributed by atoms with Gasteiger partial charge in [0.2, 0.25) is 0 Å². The molecule has 2 rings (SSSR count). The van der Waals surface area contributed by atoms with Crippen molar-refractivity contribution in [3.63, 3.8) is 0 Å². The van der Waals surface area contributed by atoms with E-state index >= 15 is 0 Å². The first-order valence-corrected chi connectivity index (χ1v) is 5.88. The van der Waals surface area contributed by atoms with Crippen LogP contribution in [0, 0.1) is 6.92 Å². The second-order valence-corrected chi connectivity index (χ2v) is 4.28. The topological polar surface area (TPSA) is 26.3 Å². The van der Waals surface area contributed by atoms with Gasteiger partial charge in [-0.3, -0.25) is 4.79 Å². The molecule has 0 atom stereocenters. The number of carbonyl (C=O) groups excluding carboxylic acids is 1.